The molecule has 0 aliphatic heterocycles. The Balaban J connectivity index is 2.17. The number of methoxy groups -OCH3 is 1. The van der Waals surface area contributed by atoms with E-state index in [1.807, 2.05) is 50.1 Å². The molecule has 100 valence electrons. The second-order valence-corrected chi connectivity index (χ2v) is 4.66. The molecule has 1 heterocycles. The van der Waals surface area contributed by atoms with Crippen molar-refractivity contribution in [1.82, 2.24) is 9.97 Å². The molecule has 0 saturated heterocycles. The van der Waals surface area contributed by atoms with Gasteiger partial charge in [0.05, 0.1) is 7.11 Å². The van der Waals surface area contributed by atoms with E-state index in [2.05, 4.69) is 16.0 Å². The minimum atomic E-state index is 0.750. The third-order valence-corrected chi connectivity index (χ3v) is 2.87. The Morgan fingerprint density at radius 3 is 2.42 bits per heavy atom. The van der Waals surface area contributed by atoms with Crippen LogP contribution in [0.15, 0.2) is 30.3 Å². The van der Waals surface area contributed by atoms with Crippen molar-refractivity contribution in [2.75, 3.05) is 19.1 Å². The molecule has 4 nitrogen and oxygen atoms in total. The number of nitrogens with zero attached hydrogens (tertiary/aromatic N) is 3. The minimum Gasteiger partial charge on any atom is -0.497 e. The molecule has 0 unspecified atom stereocenters. The van der Waals surface area contributed by atoms with Gasteiger partial charge in [0, 0.05) is 25.0 Å². The van der Waals surface area contributed by atoms with Crippen LogP contribution in [-0.2, 0) is 6.54 Å². The molecular formula is C15H19N3O. The van der Waals surface area contributed by atoms with E-state index in [0.29, 0.717) is 0 Å². The van der Waals surface area contributed by atoms with Gasteiger partial charge in [-0.2, -0.15) is 0 Å². The lowest BCUT2D eigenvalue weighted by atomic mass is 10.2. The predicted molar refractivity (Wildman–Crippen MR) is 76.6 cm³/mol. The summed E-state index contributed by atoms with van der Waals surface area (Å²) in [5, 5.41) is 0. The number of hydrogen-bond donors (Lipinski definition) is 0. The molecule has 4 heteroatoms. The van der Waals surface area contributed by atoms with Crippen LogP contribution in [0, 0.1) is 13.8 Å². The lowest BCUT2D eigenvalue weighted by molar-refractivity contribution is 0.414. The normalized spacial score (nSPS) is 10.3. The number of anilines is 1. The third kappa shape index (κ3) is 3.44. The zero-order valence-electron chi connectivity index (χ0n) is 11.8. The summed E-state index contributed by atoms with van der Waals surface area (Å²) in [5.41, 5.74) is 3.14. The van der Waals surface area contributed by atoms with Gasteiger partial charge in [0.1, 0.15) is 5.75 Å². The van der Waals surface area contributed by atoms with Crippen molar-refractivity contribution in [3.8, 4) is 5.75 Å². The fraction of sp³-hybridized carbons (Fsp3) is 0.333. The Kier molecular flexibility index (Phi) is 4.00. The fourth-order valence-electron chi connectivity index (χ4n) is 1.99. The van der Waals surface area contributed by atoms with E-state index in [0.717, 1.165) is 29.6 Å². The van der Waals surface area contributed by atoms with Crippen molar-refractivity contribution in [1.29, 1.82) is 0 Å². The molecule has 0 radical (unpaired) electrons. The smallest absolute Gasteiger partial charge is 0.225 e. The van der Waals surface area contributed by atoms with Crippen molar-refractivity contribution < 1.29 is 4.74 Å². The topological polar surface area (TPSA) is 38.2 Å². The van der Waals surface area contributed by atoms with Crippen LogP contribution in [-0.4, -0.2) is 24.1 Å². The van der Waals surface area contributed by atoms with Gasteiger partial charge in [-0.15, -0.1) is 0 Å². The Bertz CT molecular complexity index is 549. The predicted octanol–water partition coefficient (Wildman–Crippen LogP) is 2.74. The molecule has 0 bridgehead atoms. The van der Waals surface area contributed by atoms with Gasteiger partial charge in [0.15, 0.2) is 0 Å². The van der Waals surface area contributed by atoms with E-state index in [9.17, 15) is 0 Å². The van der Waals surface area contributed by atoms with Crippen molar-refractivity contribution in [2.24, 2.45) is 0 Å². The molecule has 1 aromatic carbocycles. The number of aryl methyl sites for hydroxylation is 2. The summed E-state index contributed by atoms with van der Waals surface area (Å²) >= 11 is 0. The SMILES string of the molecule is COc1cccc(CN(C)c2nc(C)cc(C)n2)c1. The summed E-state index contributed by atoms with van der Waals surface area (Å²) in [6.45, 7) is 4.72. The van der Waals surface area contributed by atoms with Gasteiger partial charge >= 0.3 is 0 Å². The highest BCUT2D eigenvalue weighted by Crippen LogP contribution is 2.16. The first-order valence-corrected chi connectivity index (χ1v) is 6.25. The summed E-state index contributed by atoms with van der Waals surface area (Å²) in [6, 6.07) is 10.0. The summed E-state index contributed by atoms with van der Waals surface area (Å²) < 4.78 is 5.23. The number of aromatic nitrogens is 2. The zero-order chi connectivity index (χ0) is 13.8. The fourth-order valence-corrected chi connectivity index (χ4v) is 1.99. The zero-order valence-corrected chi connectivity index (χ0v) is 11.8. The van der Waals surface area contributed by atoms with Crippen molar-refractivity contribution in [3.63, 3.8) is 0 Å². The first kappa shape index (κ1) is 13.3. The minimum absolute atomic E-state index is 0.750. The first-order chi connectivity index (χ1) is 9.08. The van der Waals surface area contributed by atoms with Crippen LogP contribution in [0.1, 0.15) is 17.0 Å². The van der Waals surface area contributed by atoms with Gasteiger partial charge in [-0.25, -0.2) is 9.97 Å². The Morgan fingerprint density at radius 1 is 1.11 bits per heavy atom. The molecule has 2 aromatic rings. The first-order valence-electron chi connectivity index (χ1n) is 6.25. The van der Waals surface area contributed by atoms with Gasteiger partial charge < -0.3 is 9.64 Å². The lowest BCUT2D eigenvalue weighted by Crippen LogP contribution is -2.19. The average Bonchev–Trinajstić information content (AvgIpc) is 2.37. The monoisotopic (exact) mass is 257 g/mol. The summed E-state index contributed by atoms with van der Waals surface area (Å²) in [4.78, 5) is 10.9. The Labute approximate surface area is 114 Å². The van der Waals surface area contributed by atoms with Crippen LogP contribution >= 0.6 is 0 Å². The molecule has 0 fully saturated rings. The highest BCUT2D eigenvalue weighted by Gasteiger charge is 2.07. The molecule has 0 aliphatic carbocycles. The van der Waals surface area contributed by atoms with Crippen molar-refractivity contribution >= 4 is 5.95 Å². The molecule has 0 saturated carbocycles. The highest BCUT2D eigenvalue weighted by molar-refractivity contribution is 5.35. The molecule has 0 aliphatic rings. The third-order valence-electron chi connectivity index (χ3n) is 2.87. The van der Waals surface area contributed by atoms with Crippen LogP contribution in [0.5, 0.6) is 5.75 Å². The maximum atomic E-state index is 5.23. The van der Waals surface area contributed by atoms with Crippen molar-refractivity contribution in [3.05, 3.63) is 47.3 Å². The maximum absolute atomic E-state index is 5.23. The lowest BCUT2D eigenvalue weighted by Gasteiger charge is -2.18. The van der Waals surface area contributed by atoms with Crippen LogP contribution in [0.25, 0.3) is 0 Å². The second-order valence-electron chi connectivity index (χ2n) is 4.66. The van der Waals surface area contributed by atoms with Gasteiger partial charge in [-0.05, 0) is 37.6 Å². The molecular weight excluding hydrogens is 238 g/mol. The van der Waals surface area contributed by atoms with Crippen LogP contribution in [0.2, 0.25) is 0 Å². The van der Waals surface area contributed by atoms with Crippen molar-refractivity contribution in [2.45, 2.75) is 20.4 Å². The largest absolute Gasteiger partial charge is 0.497 e. The van der Waals surface area contributed by atoms with Gasteiger partial charge in [0.25, 0.3) is 0 Å². The Morgan fingerprint density at radius 2 is 1.79 bits per heavy atom. The number of ether oxygens (including phenoxy) is 1. The van der Waals surface area contributed by atoms with E-state index in [1.165, 1.54) is 5.56 Å². The standard InChI is InChI=1S/C15H19N3O/c1-11-8-12(2)17-15(16-11)18(3)10-13-6-5-7-14(9-13)19-4/h5-9H,10H2,1-4H3. The molecule has 0 atom stereocenters. The molecule has 0 spiro atoms. The quantitative estimate of drug-likeness (QED) is 0.844. The molecule has 1 aromatic heterocycles. The number of rotatable bonds is 4. The second kappa shape index (κ2) is 5.69. The van der Waals surface area contributed by atoms with E-state index in [-0.39, 0.29) is 0 Å². The van der Waals surface area contributed by atoms with E-state index in [4.69, 9.17) is 4.74 Å². The van der Waals surface area contributed by atoms with Gasteiger partial charge in [-0.1, -0.05) is 12.1 Å². The summed E-state index contributed by atoms with van der Waals surface area (Å²) in [7, 11) is 3.67. The number of benzene rings is 1. The van der Waals surface area contributed by atoms with E-state index in [1.54, 1.807) is 7.11 Å². The summed E-state index contributed by atoms with van der Waals surface area (Å²) in [6.07, 6.45) is 0. The summed E-state index contributed by atoms with van der Waals surface area (Å²) in [5.74, 6) is 1.62. The molecule has 19 heavy (non-hydrogen) atoms. The Hall–Kier alpha value is -2.10. The maximum Gasteiger partial charge on any atom is 0.225 e. The van der Waals surface area contributed by atoms with Gasteiger partial charge in [0.2, 0.25) is 5.95 Å². The van der Waals surface area contributed by atoms with Crippen LogP contribution in [0.3, 0.4) is 0 Å². The molecule has 0 N–H and O–H groups in total. The van der Waals surface area contributed by atoms with E-state index < -0.39 is 0 Å². The number of hydrogen-bond acceptors (Lipinski definition) is 4. The molecule has 2 rings (SSSR count). The van der Waals surface area contributed by atoms with Crippen LogP contribution in [0.4, 0.5) is 5.95 Å². The molecule has 0 amide bonds. The highest BCUT2D eigenvalue weighted by atomic mass is 16.5. The van der Waals surface area contributed by atoms with Gasteiger partial charge in [-0.3, -0.25) is 0 Å². The average molecular weight is 257 g/mol. The van der Waals surface area contributed by atoms with Crippen LogP contribution < -0.4 is 9.64 Å². The van der Waals surface area contributed by atoms with E-state index >= 15 is 0 Å².